The molecule has 21 heavy (non-hydrogen) atoms. The Morgan fingerprint density at radius 2 is 1.95 bits per heavy atom. The van der Waals surface area contributed by atoms with Crippen molar-refractivity contribution in [3.63, 3.8) is 0 Å². The highest BCUT2D eigenvalue weighted by Gasteiger charge is 2.38. The van der Waals surface area contributed by atoms with Crippen LogP contribution in [0, 0.1) is 0 Å². The third kappa shape index (κ3) is 3.61. The van der Waals surface area contributed by atoms with Crippen molar-refractivity contribution in [1.29, 1.82) is 0 Å². The molecule has 1 aliphatic rings. The van der Waals surface area contributed by atoms with Crippen molar-refractivity contribution in [2.75, 3.05) is 7.05 Å². The molecule has 1 heterocycles. The van der Waals surface area contributed by atoms with Crippen LogP contribution in [0.1, 0.15) is 36.5 Å². The van der Waals surface area contributed by atoms with Gasteiger partial charge in [-0.15, -0.1) is 12.4 Å². The van der Waals surface area contributed by atoms with Crippen LogP contribution in [0.3, 0.4) is 0 Å². The number of rotatable bonds is 5. The van der Waals surface area contributed by atoms with Crippen LogP contribution in [0.25, 0.3) is 0 Å². The minimum absolute atomic E-state index is 0. The molecule has 0 unspecified atom stereocenters. The maximum Gasteiger partial charge on any atom is 0.240 e. The molecule has 1 aromatic heterocycles. The third-order valence-corrected chi connectivity index (χ3v) is 3.86. The van der Waals surface area contributed by atoms with Crippen LogP contribution >= 0.6 is 12.4 Å². The second-order valence-electron chi connectivity index (χ2n) is 5.68. The zero-order valence-corrected chi connectivity index (χ0v) is 13.0. The lowest BCUT2D eigenvalue weighted by molar-refractivity contribution is 0.226. The van der Waals surface area contributed by atoms with Gasteiger partial charge in [0.25, 0.3) is 0 Å². The van der Waals surface area contributed by atoms with Gasteiger partial charge >= 0.3 is 0 Å². The first-order valence-corrected chi connectivity index (χ1v) is 7.00. The maximum absolute atomic E-state index is 6.19. The first-order valence-electron chi connectivity index (χ1n) is 7.00. The van der Waals surface area contributed by atoms with Gasteiger partial charge in [-0.2, -0.15) is 4.98 Å². The van der Waals surface area contributed by atoms with Crippen molar-refractivity contribution in [1.82, 2.24) is 15.0 Å². The molecule has 0 saturated heterocycles. The van der Waals surface area contributed by atoms with Gasteiger partial charge in [0, 0.05) is 6.54 Å². The molecule has 0 amide bonds. The van der Waals surface area contributed by atoms with Gasteiger partial charge in [-0.1, -0.05) is 35.5 Å². The number of nitrogens with zero attached hydrogens (tertiary/aromatic N) is 3. The number of benzene rings is 1. The third-order valence-electron chi connectivity index (χ3n) is 3.86. The van der Waals surface area contributed by atoms with E-state index in [2.05, 4.69) is 27.2 Å². The van der Waals surface area contributed by atoms with Crippen molar-refractivity contribution in [2.24, 2.45) is 5.73 Å². The van der Waals surface area contributed by atoms with Crippen LogP contribution in [-0.4, -0.2) is 22.1 Å². The molecule has 5 nitrogen and oxygen atoms in total. The Bertz CT molecular complexity index is 568. The van der Waals surface area contributed by atoms with E-state index in [9.17, 15) is 0 Å². The van der Waals surface area contributed by atoms with Gasteiger partial charge in [-0.25, -0.2) is 0 Å². The monoisotopic (exact) mass is 308 g/mol. The van der Waals surface area contributed by atoms with E-state index in [-0.39, 0.29) is 17.9 Å². The summed E-state index contributed by atoms with van der Waals surface area (Å²) in [6.45, 7) is 1.49. The van der Waals surface area contributed by atoms with E-state index in [4.69, 9.17) is 10.3 Å². The number of nitrogens with two attached hydrogens (primary N) is 1. The number of hydrogen-bond acceptors (Lipinski definition) is 5. The molecule has 114 valence electrons. The van der Waals surface area contributed by atoms with Crippen molar-refractivity contribution < 1.29 is 4.52 Å². The van der Waals surface area contributed by atoms with Crippen LogP contribution in [0.2, 0.25) is 0 Å². The minimum Gasteiger partial charge on any atom is -0.338 e. The molecule has 3 rings (SSSR count). The molecule has 1 aromatic carbocycles. The number of aromatic nitrogens is 2. The fourth-order valence-corrected chi connectivity index (χ4v) is 2.48. The van der Waals surface area contributed by atoms with Crippen molar-refractivity contribution >= 4 is 12.4 Å². The zero-order chi connectivity index (χ0) is 14.0. The summed E-state index contributed by atoms with van der Waals surface area (Å²) < 4.78 is 5.31. The molecule has 2 aromatic rings. The van der Waals surface area contributed by atoms with E-state index in [0.717, 1.165) is 25.8 Å². The fraction of sp³-hybridized carbons (Fsp3) is 0.467. The summed E-state index contributed by atoms with van der Waals surface area (Å²) in [7, 11) is 2.04. The molecule has 1 saturated carbocycles. The standard InChI is InChI=1S/C15H20N4O.ClH/c1-19(10-12-6-3-2-4-7-12)11-13-17-14(18-20-13)15(16)8-5-9-15;/h2-4,6-7H,5,8-11,16H2,1H3;1H. The summed E-state index contributed by atoms with van der Waals surface area (Å²) in [5.74, 6) is 1.29. The summed E-state index contributed by atoms with van der Waals surface area (Å²) in [5.41, 5.74) is 7.11. The highest BCUT2D eigenvalue weighted by Crippen LogP contribution is 2.36. The summed E-state index contributed by atoms with van der Waals surface area (Å²) in [4.78, 5) is 6.59. The average molecular weight is 309 g/mol. The summed E-state index contributed by atoms with van der Waals surface area (Å²) in [6, 6.07) is 10.3. The Morgan fingerprint density at radius 1 is 1.24 bits per heavy atom. The van der Waals surface area contributed by atoms with Gasteiger partial charge in [0.1, 0.15) is 0 Å². The molecule has 1 fully saturated rings. The predicted octanol–water partition coefficient (Wildman–Crippen LogP) is 2.46. The summed E-state index contributed by atoms with van der Waals surface area (Å²) in [5, 5.41) is 4.03. The summed E-state index contributed by atoms with van der Waals surface area (Å²) in [6.07, 6.45) is 3.05. The second kappa shape index (κ2) is 6.56. The molecular weight excluding hydrogens is 288 g/mol. The van der Waals surface area contributed by atoms with E-state index in [1.165, 1.54) is 5.56 Å². The number of halogens is 1. The lowest BCUT2D eigenvalue weighted by Crippen LogP contribution is -2.44. The highest BCUT2D eigenvalue weighted by atomic mass is 35.5. The zero-order valence-electron chi connectivity index (χ0n) is 12.2. The molecule has 0 radical (unpaired) electrons. The Kier molecular flexibility index (Phi) is 4.98. The Labute approximate surface area is 130 Å². The topological polar surface area (TPSA) is 68.2 Å². The minimum atomic E-state index is -0.347. The van der Waals surface area contributed by atoms with E-state index in [1.807, 2.05) is 25.2 Å². The van der Waals surface area contributed by atoms with Gasteiger partial charge in [-0.05, 0) is 31.9 Å². The molecule has 1 aliphatic carbocycles. The van der Waals surface area contributed by atoms with E-state index < -0.39 is 0 Å². The lowest BCUT2D eigenvalue weighted by atomic mass is 9.77. The quantitative estimate of drug-likeness (QED) is 0.919. The van der Waals surface area contributed by atoms with Crippen LogP contribution < -0.4 is 5.73 Å². The molecule has 0 atom stereocenters. The normalized spacial score (nSPS) is 16.3. The smallest absolute Gasteiger partial charge is 0.240 e. The Balaban J connectivity index is 0.00000161. The van der Waals surface area contributed by atoms with Gasteiger partial charge < -0.3 is 10.3 Å². The summed E-state index contributed by atoms with van der Waals surface area (Å²) >= 11 is 0. The van der Waals surface area contributed by atoms with Gasteiger partial charge in [-0.3, -0.25) is 4.90 Å². The molecule has 6 heteroatoms. The van der Waals surface area contributed by atoms with Gasteiger partial charge in [0.2, 0.25) is 5.89 Å². The SMILES string of the molecule is CN(Cc1ccccc1)Cc1nc(C2(N)CCC2)no1.Cl. The Hall–Kier alpha value is -1.43. The van der Waals surface area contributed by atoms with Crippen molar-refractivity contribution in [2.45, 2.75) is 37.9 Å². The maximum atomic E-state index is 6.19. The van der Waals surface area contributed by atoms with Crippen LogP contribution in [0.15, 0.2) is 34.9 Å². The van der Waals surface area contributed by atoms with E-state index in [1.54, 1.807) is 0 Å². The molecule has 0 spiro atoms. The van der Waals surface area contributed by atoms with E-state index in [0.29, 0.717) is 18.3 Å². The Morgan fingerprint density at radius 3 is 2.57 bits per heavy atom. The lowest BCUT2D eigenvalue weighted by Gasteiger charge is -2.34. The van der Waals surface area contributed by atoms with Crippen molar-refractivity contribution in [3.8, 4) is 0 Å². The highest BCUT2D eigenvalue weighted by molar-refractivity contribution is 5.85. The predicted molar refractivity (Wildman–Crippen MR) is 82.9 cm³/mol. The first kappa shape index (κ1) is 15.9. The first-order chi connectivity index (χ1) is 9.66. The van der Waals surface area contributed by atoms with Crippen molar-refractivity contribution in [3.05, 3.63) is 47.6 Å². The molecule has 0 bridgehead atoms. The van der Waals surface area contributed by atoms with Gasteiger partial charge in [0.15, 0.2) is 5.82 Å². The van der Waals surface area contributed by atoms with Crippen LogP contribution in [-0.2, 0) is 18.6 Å². The molecule has 0 aliphatic heterocycles. The van der Waals surface area contributed by atoms with E-state index >= 15 is 0 Å². The number of hydrogen-bond donors (Lipinski definition) is 1. The molecule has 2 N–H and O–H groups in total. The molecular formula is C15H21ClN4O. The van der Waals surface area contributed by atoms with Gasteiger partial charge in [0.05, 0.1) is 12.1 Å². The van der Waals surface area contributed by atoms with Crippen LogP contribution in [0.4, 0.5) is 0 Å². The fourth-order valence-electron chi connectivity index (χ4n) is 2.48. The van der Waals surface area contributed by atoms with Crippen LogP contribution in [0.5, 0.6) is 0 Å². The average Bonchev–Trinajstić information content (AvgIpc) is 2.85. The second-order valence-corrected chi connectivity index (χ2v) is 5.68. The largest absolute Gasteiger partial charge is 0.338 e.